The van der Waals surface area contributed by atoms with Gasteiger partial charge in [0.25, 0.3) is 0 Å². The maximum absolute atomic E-state index is 2.15. The average molecular weight is 537 g/mol. The molecule has 6 heteroatoms. The standard InChI is InChI=1S/3C4H8.CH3I.CH3.B.3Co.Na.H/c3*1-2-4-3-1;1-2;;;;;;;/h3*1-4H2;1H3;1H3;;;;;;/q;;;;-1;;;;;+1;-1. The fourth-order valence-corrected chi connectivity index (χ4v) is 0.750. The molecule has 6 radical (unpaired) electrons. The van der Waals surface area contributed by atoms with E-state index in [0.29, 0.717) is 0 Å². The Morgan fingerprint density at radius 3 is 0.550 bits per heavy atom. The molecule has 0 bridgehead atoms. The zero-order valence-corrected chi connectivity index (χ0v) is 20.7. The molecule has 0 aromatic heterocycles. The van der Waals surface area contributed by atoms with Gasteiger partial charge in [0.05, 0.1) is 0 Å². The van der Waals surface area contributed by atoms with E-state index in [1.54, 1.807) is 0 Å². The molecule has 0 unspecified atom stereocenters. The van der Waals surface area contributed by atoms with Crippen LogP contribution in [0.4, 0.5) is 0 Å². The van der Waals surface area contributed by atoms with Crippen LogP contribution in [0.5, 0.6) is 0 Å². The van der Waals surface area contributed by atoms with Gasteiger partial charge < -0.3 is 8.85 Å². The van der Waals surface area contributed by atoms with Crippen LogP contribution in [0.15, 0.2) is 0 Å². The van der Waals surface area contributed by atoms with Crippen molar-refractivity contribution in [3.8, 4) is 0 Å². The van der Waals surface area contributed by atoms with Crippen molar-refractivity contribution in [2.24, 2.45) is 0 Å². The van der Waals surface area contributed by atoms with Crippen LogP contribution in [-0.4, -0.2) is 13.3 Å². The summed E-state index contributed by atoms with van der Waals surface area (Å²) in [6.45, 7) is 0. The minimum Gasteiger partial charge on any atom is -1.00 e. The monoisotopic (exact) mass is 537 g/mol. The van der Waals surface area contributed by atoms with E-state index >= 15 is 0 Å². The fraction of sp³-hybridized carbons (Fsp3) is 0.929. The van der Waals surface area contributed by atoms with Gasteiger partial charge in [-0.25, -0.2) is 0 Å². The van der Waals surface area contributed by atoms with Gasteiger partial charge in [0.1, 0.15) is 0 Å². The van der Waals surface area contributed by atoms with Gasteiger partial charge in [-0.3, -0.25) is 0 Å². The first-order chi connectivity index (χ1) is 7.00. The van der Waals surface area contributed by atoms with E-state index in [1.165, 1.54) is 77.0 Å². The Morgan fingerprint density at radius 2 is 0.550 bits per heavy atom. The summed E-state index contributed by atoms with van der Waals surface area (Å²) in [6.07, 6.45) is 18.0. The molecule has 0 spiro atoms. The third kappa shape index (κ3) is 37.5. The van der Waals surface area contributed by atoms with E-state index in [0.717, 1.165) is 0 Å². The molecule has 3 rings (SSSR count). The number of halogens is 1. The zero-order valence-electron chi connectivity index (χ0n) is 14.4. The molecule has 0 atom stereocenters. The number of hydrogen-bond donors (Lipinski definition) is 0. The summed E-state index contributed by atoms with van der Waals surface area (Å²) in [4.78, 5) is 1.97. The molecule has 0 amide bonds. The maximum Gasteiger partial charge on any atom is 1.00 e. The Morgan fingerprint density at radius 1 is 0.500 bits per heavy atom. The van der Waals surface area contributed by atoms with E-state index in [9.17, 15) is 0 Å². The van der Waals surface area contributed by atoms with Gasteiger partial charge in [-0.2, -0.15) is 0 Å². The van der Waals surface area contributed by atoms with Crippen LogP contribution in [0.25, 0.3) is 0 Å². The van der Waals surface area contributed by atoms with Crippen molar-refractivity contribution in [2.75, 3.05) is 4.93 Å². The predicted molar refractivity (Wildman–Crippen MR) is 88.6 cm³/mol. The quantitative estimate of drug-likeness (QED) is 0.193. The molecule has 0 aromatic rings. The summed E-state index contributed by atoms with van der Waals surface area (Å²) in [7, 11) is 0. The molecule has 0 aliphatic heterocycles. The Hall–Kier alpha value is 3.31. The van der Waals surface area contributed by atoms with Crippen LogP contribution >= 0.6 is 22.6 Å². The van der Waals surface area contributed by atoms with Gasteiger partial charge in [0.15, 0.2) is 0 Å². The second kappa shape index (κ2) is 43.2. The molecule has 3 saturated carbocycles. The summed E-state index contributed by atoms with van der Waals surface area (Å²) >= 11 is 2.15. The van der Waals surface area contributed by atoms with Crippen LogP contribution in [0.3, 0.4) is 0 Å². The summed E-state index contributed by atoms with van der Waals surface area (Å²) in [5.74, 6) is 0. The van der Waals surface area contributed by atoms with Crippen molar-refractivity contribution < 1.29 is 81.3 Å². The molecule has 3 aliphatic carbocycles. The van der Waals surface area contributed by atoms with Gasteiger partial charge in [-0.05, 0) is 4.93 Å². The molecular formula is C14H31BCo3INa-. The summed E-state index contributed by atoms with van der Waals surface area (Å²) in [5.41, 5.74) is 0. The van der Waals surface area contributed by atoms with E-state index in [1.807, 2.05) is 4.93 Å². The van der Waals surface area contributed by atoms with Crippen molar-refractivity contribution in [2.45, 2.75) is 77.0 Å². The van der Waals surface area contributed by atoms with Gasteiger partial charge >= 0.3 is 29.6 Å². The van der Waals surface area contributed by atoms with Gasteiger partial charge in [-0.15, -0.1) is 0 Å². The SMILES string of the molecule is C1CCC1.C1CCC1.C1CCC1.CI.[B].[CH3-].[Co].[Co].[Co].[H-].[Na+]. The third-order valence-corrected chi connectivity index (χ3v) is 3.00. The van der Waals surface area contributed by atoms with Crippen LogP contribution in [0.1, 0.15) is 78.5 Å². The molecule has 0 nitrogen and oxygen atoms in total. The zero-order chi connectivity index (χ0) is 10.5. The fourth-order valence-electron chi connectivity index (χ4n) is 0.750. The summed E-state index contributed by atoms with van der Waals surface area (Å²) in [5, 5.41) is 0. The molecule has 20 heavy (non-hydrogen) atoms. The van der Waals surface area contributed by atoms with E-state index < -0.39 is 0 Å². The molecule has 0 aromatic carbocycles. The van der Waals surface area contributed by atoms with Crippen LogP contribution in [0.2, 0.25) is 0 Å². The normalized spacial score (nSPS) is 14.7. The second-order valence-electron chi connectivity index (χ2n) is 4.24. The molecule has 0 saturated heterocycles. The Balaban J connectivity index is -0.0000000164. The van der Waals surface area contributed by atoms with Crippen molar-refractivity contribution in [3.05, 3.63) is 7.43 Å². The smallest absolute Gasteiger partial charge is 1.00 e. The first-order valence-electron chi connectivity index (χ1n) is 6.38. The minimum absolute atomic E-state index is 0. The Bertz CT molecular complexity index is 77.2. The van der Waals surface area contributed by atoms with Crippen LogP contribution in [0, 0.1) is 7.43 Å². The van der Waals surface area contributed by atoms with Crippen molar-refractivity contribution in [3.63, 3.8) is 0 Å². The molecule has 3 aliphatic rings. The molecular weight excluding hydrogens is 506 g/mol. The topological polar surface area (TPSA) is 0 Å². The van der Waals surface area contributed by atoms with Gasteiger partial charge in [-0.1, -0.05) is 99.6 Å². The Labute approximate surface area is 199 Å². The van der Waals surface area contributed by atoms with Crippen molar-refractivity contribution >= 4 is 31.0 Å². The average Bonchev–Trinajstić information content (AvgIpc) is 1.77. The first kappa shape index (κ1) is 43.6. The predicted octanol–water partition coefficient (Wildman–Crippen LogP) is 2.91. The third-order valence-electron chi connectivity index (χ3n) is 3.00. The van der Waals surface area contributed by atoms with Gasteiger partial charge in [0, 0.05) is 58.7 Å². The van der Waals surface area contributed by atoms with Crippen molar-refractivity contribution in [1.82, 2.24) is 0 Å². The number of hydrogen-bond acceptors (Lipinski definition) is 0. The Kier molecular flexibility index (Phi) is 94.3. The molecule has 126 valence electrons. The van der Waals surface area contributed by atoms with E-state index in [2.05, 4.69) is 22.6 Å². The summed E-state index contributed by atoms with van der Waals surface area (Å²) in [6, 6.07) is 0. The molecule has 0 N–H and O–H groups in total. The summed E-state index contributed by atoms with van der Waals surface area (Å²) < 4.78 is 0. The first-order valence-corrected chi connectivity index (χ1v) is 8.54. The van der Waals surface area contributed by atoms with E-state index in [4.69, 9.17) is 0 Å². The van der Waals surface area contributed by atoms with E-state index in [-0.39, 0.29) is 97.2 Å². The number of rotatable bonds is 0. The number of alkyl halides is 1. The van der Waals surface area contributed by atoms with Gasteiger partial charge in [0.2, 0.25) is 0 Å². The maximum atomic E-state index is 2.15. The largest absolute Gasteiger partial charge is 1.00 e. The minimum atomic E-state index is 0. The second-order valence-corrected chi connectivity index (χ2v) is 4.24. The molecule has 3 fully saturated rings. The van der Waals surface area contributed by atoms with Crippen LogP contribution in [-0.2, 0) is 50.3 Å². The molecule has 0 heterocycles. The van der Waals surface area contributed by atoms with Crippen molar-refractivity contribution in [1.29, 1.82) is 0 Å². The van der Waals surface area contributed by atoms with Crippen LogP contribution < -0.4 is 29.6 Å².